The normalized spacial score (nSPS) is 36.3. The molecule has 3 fully saturated rings. The van der Waals surface area contributed by atoms with Crippen molar-refractivity contribution in [1.82, 2.24) is 4.57 Å². The lowest BCUT2D eigenvalue weighted by Gasteiger charge is -2.69. The number of phenolic OH excluding ortho intramolecular Hbond substituents is 2. The molecule has 2 aromatic carbocycles. The maximum Gasteiger partial charge on any atom is 0.290 e. The van der Waals surface area contributed by atoms with Gasteiger partial charge in [-0.25, -0.2) is 0 Å². The van der Waals surface area contributed by atoms with Crippen LogP contribution in [0.25, 0.3) is 10.9 Å². The van der Waals surface area contributed by atoms with Gasteiger partial charge in [0.05, 0.1) is 0 Å². The molecule has 1 heterocycles. The first-order valence-electron chi connectivity index (χ1n) is 16.2. The van der Waals surface area contributed by atoms with Gasteiger partial charge in [-0.15, -0.1) is 0 Å². The number of hydrogen-bond acceptors (Lipinski definition) is 3. The third kappa shape index (κ3) is 3.98. The summed E-state index contributed by atoms with van der Waals surface area (Å²) in [5.41, 5.74) is 7.97. The van der Waals surface area contributed by atoms with Crippen LogP contribution in [0.4, 0.5) is 0 Å². The zero-order valence-corrected chi connectivity index (χ0v) is 27.0. The molecule has 5 nitrogen and oxygen atoms in total. The molecule has 0 saturated heterocycles. The van der Waals surface area contributed by atoms with E-state index in [1.807, 2.05) is 13.0 Å². The number of rotatable bonds is 1. The maximum atomic E-state index is 11.0. The van der Waals surface area contributed by atoms with Crippen LogP contribution in [0.3, 0.4) is 0 Å². The molecule has 0 spiro atoms. The molecule has 4 aliphatic carbocycles. The van der Waals surface area contributed by atoms with Gasteiger partial charge in [0.15, 0.2) is 11.5 Å². The predicted octanol–water partition coefficient (Wildman–Crippen LogP) is 8.97. The molecule has 0 radical (unpaired) electrons. The van der Waals surface area contributed by atoms with Crippen molar-refractivity contribution in [1.29, 1.82) is 0 Å². The quantitative estimate of drug-likeness (QED) is 0.152. The summed E-state index contributed by atoms with van der Waals surface area (Å²) in [5.74, 6) is 1.62. The van der Waals surface area contributed by atoms with Crippen molar-refractivity contribution >= 4 is 17.4 Å². The number of aromatic nitrogens is 1. The average molecular weight is 584 g/mol. The number of nitrogens with zero attached hydrogens (tertiary/aromatic N) is 1. The highest BCUT2D eigenvalue weighted by Crippen LogP contribution is 2.74. The lowest BCUT2D eigenvalue weighted by atomic mass is 9.35. The van der Waals surface area contributed by atoms with Gasteiger partial charge in [0.1, 0.15) is 0 Å². The summed E-state index contributed by atoms with van der Waals surface area (Å²) in [6.45, 7) is 14.5. The second kappa shape index (κ2) is 9.90. The van der Waals surface area contributed by atoms with Crippen LogP contribution in [0, 0.1) is 35.0 Å². The van der Waals surface area contributed by atoms with Gasteiger partial charge in [0.2, 0.25) is 0 Å². The monoisotopic (exact) mass is 583 g/mol. The van der Waals surface area contributed by atoms with E-state index in [0.29, 0.717) is 5.41 Å². The molecular formula is C38H49NO4. The fourth-order valence-corrected chi connectivity index (χ4v) is 10.7. The van der Waals surface area contributed by atoms with Gasteiger partial charge < -0.3 is 19.9 Å². The van der Waals surface area contributed by atoms with E-state index in [2.05, 4.69) is 82.8 Å². The molecule has 0 bridgehead atoms. The van der Waals surface area contributed by atoms with Crippen molar-refractivity contribution in [3.63, 3.8) is 0 Å². The molecule has 5 heteroatoms. The number of carboxylic acid groups (broad SMARTS) is 1. The van der Waals surface area contributed by atoms with E-state index in [4.69, 9.17) is 9.90 Å². The molecule has 4 aliphatic rings. The minimum absolute atomic E-state index is 0.0196. The number of para-hydroxylation sites is 1. The van der Waals surface area contributed by atoms with Crippen molar-refractivity contribution in [2.24, 2.45) is 35.1 Å². The van der Waals surface area contributed by atoms with Gasteiger partial charge in [-0.1, -0.05) is 70.9 Å². The van der Waals surface area contributed by atoms with Crippen molar-refractivity contribution in [3.05, 3.63) is 70.4 Å². The highest BCUT2D eigenvalue weighted by Gasteiger charge is 2.65. The van der Waals surface area contributed by atoms with Crippen LogP contribution in [0.15, 0.2) is 48.2 Å². The summed E-state index contributed by atoms with van der Waals surface area (Å²) in [7, 11) is 2.14. The van der Waals surface area contributed by atoms with Gasteiger partial charge in [-0.3, -0.25) is 4.79 Å². The molecule has 3 saturated carbocycles. The Hall–Kier alpha value is -3.21. The van der Waals surface area contributed by atoms with Crippen LogP contribution >= 0.6 is 0 Å². The molecule has 7 atom stereocenters. The number of aryl methyl sites for hydroxylation is 1. The summed E-state index contributed by atoms with van der Waals surface area (Å²) < 4.78 is 2.24. The number of carbonyl (C=O) groups is 1. The molecular weight excluding hydrogens is 534 g/mol. The first kappa shape index (κ1) is 29.8. The highest BCUT2D eigenvalue weighted by atomic mass is 16.3. The molecule has 230 valence electrons. The van der Waals surface area contributed by atoms with Crippen LogP contribution in [0.2, 0.25) is 0 Å². The first-order valence-corrected chi connectivity index (χ1v) is 16.2. The Kier molecular flexibility index (Phi) is 6.87. The highest BCUT2D eigenvalue weighted by molar-refractivity contribution is 5.86. The number of benzene rings is 2. The van der Waals surface area contributed by atoms with Gasteiger partial charge in [0, 0.05) is 35.5 Å². The zero-order valence-electron chi connectivity index (χ0n) is 27.0. The Labute approximate surface area is 256 Å². The lowest BCUT2D eigenvalue weighted by Crippen LogP contribution is -2.61. The van der Waals surface area contributed by atoms with Crippen LogP contribution in [-0.2, 0) is 17.3 Å². The molecule has 0 aliphatic heterocycles. The SMILES string of the molecule is Cc1c(O)c(O)cc2c1C(c1cn(C)c3ccccc13)C=C1C2(C)CC[C@@]2(C)C3CC(C)CCC3(C)CCC12C.O=CO. The summed E-state index contributed by atoms with van der Waals surface area (Å²) in [6, 6.07) is 10.6. The summed E-state index contributed by atoms with van der Waals surface area (Å²) in [6.07, 6.45) is 13.9. The summed E-state index contributed by atoms with van der Waals surface area (Å²) >= 11 is 0. The zero-order chi connectivity index (χ0) is 31.1. The van der Waals surface area contributed by atoms with E-state index < -0.39 is 0 Å². The number of fused-ring (bicyclic) bond motifs is 8. The second-order valence-electron chi connectivity index (χ2n) is 15.4. The summed E-state index contributed by atoms with van der Waals surface area (Å²) in [4.78, 5) is 8.36. The molecule has 3 N–H and O–H groups in total. The van der Waals surface area contributed by atoms with E-state index in [0.717, 1.165) is 23.8 Å². The largest absolute Gasteiger partial charge is 0.504 e. The number of phenols is 2. The Morgan fingerprint density at radius 1 is 1.00 bits per heavy atom. The van der Waals surface area contributed by atoms with E-state index >= 15 is 0 Å². The Morgan fingerprint density at radius 3 is 2.42 bits per heavy atom. The number of aromatic hydroxyl groups is 2. The minimum atomic E-state index is -0.250. The smallest absolute Gasteiger partial charge is 0.290 e. The van der Waals surface area contributed by atoms with Crippen LogP contribution in [0.1, 0.15) is 108 Å². The molecule has 43 heavy (non-hydrogen) atoms. The van der Waals surface area contributed by atoms with Crippen LogP contribution in [-0.4, -0.2) is 26.4 Å². The van der Waals surface area contributed by atoms with Crippen molar-refractivity contribution in [2.45, 2.75) is 97.8 Å². The fraction of sp³-hybridized carbons (Fsp3) is 0.553. The first-order chi connectivity index (χ1) is 20.3. The number of hydrogen-bond donors (Lipinski definition) is 3. The Bertz CT molecular complexity index is 1630. The van der Waals surface area contributed by atoms with Gasteiger partial charge in [-0.05, 0) is 108 Å². The third-order valence-electron chi connectivity index (χ3n) is 13.3. The van der Waals surface area contributed by atoms with E-state index in [1.165, 1.54) is 66.1 Å². The molecule has 7 rings (SSSR count). The molecule has 3 aromatic rings. The van der Waals surface area contributed by atoms with Crippen LogP contribution < -0.4 is 0 Å². The standard InChI is InChI=1S/C37H47NO2.CH2O2/c1-22-12-13-34(3)14-16-37(6)31-19-25(26-21-38(7)28-11-9-8-10-24(26)28)32-23(2)33(40)29(39)20-27(32)35(31,4)15-17-36(37,5)30(34)18-22;2-1-3/h8-11,19-22,25,30,39-40H,12-18H2,1-7H3;1H,(H,2,3)/t22?,25?,30?,34?,35?,36-,37?;/m0./s1. The van der Waals surface area contributed by atoms with Crippen molar-refractivity contribution in [2.75, 3.05) is 0 Å². The maximum absolute atomic E-state index is 11.0. The molecule has 6 unspecified atom stereocenters. The Balaban J connectivity index is 0.00000105. The van der Waals surface area contributed by atoms with E-state index in [-0.39, 0.29) is 40.1 Å². The predicted molar refractivity (Wildman–Crippen MR) is 173 cm³/mol. The number of allylic oxidation sites excluding steroid dienone is 2. The topological polar surface area (TPSA) is 82.7 Å². The molecule has 0 amide bonds. The van der Waals surface area contributed by atoms with Crippen LogP contribution in [0.5, 0.6) is 11.5 Å². The van der Waals surface area contributed by atoms with Crippen molar-refractivity contribution in [3.8, 4) is 11.5 Å². The van der Waals surface area contributed by atoms with Gasteiger partial charge >= 0.3 is 0 Å². The van der Waals surface area contributed by atoms with Gasteiger partial charge in [0.25, 0.3) is 6.47 Å². The second-order valence-corrected chi connectivity index (χ2v) is 15.4. The van der Waals surface area contributed by atoms with E-state index in [9.17, 15) is 10.2 Å². The van der Waals surface area contributed by atoms with Crippen molar-refractivity contribution < 1.29 is 20.1 Å². The fourth-order valence-electron chi connectivity index (χ4n) is 10.7. The summed E-state index contributed by atoms with van der Waals surface area (Å²) in [5, 5.41) is 30.2. The lowest BCUT2D eigenvalue weighted by molar-refractivity contribution is -0.145. The third-order valence-corrected chi connectivity index (χ3v) is 13.3. The average Bonchev–Trinajstić information content (AvgIpc) is 3.31. The Morgan fingerprint density at radius 2 is 1.70 bits per heavy atom. The molecule has 1 aromatic heterocycles. The minimum Gasteiger partial charge on any atom is -0.504 e. The van der Waals surface area contributed by atoms with Gasteiger partial charge in [-0.2, -0.15) is 0 Å². The van der Waals surface area contributed by atoms with E-state index in [1.54, 1.807) is 5.57 Å².